The van der Waals surface area contributed by atoms with E-state index in [1.807, 2.05) is 0 Å². The van der Waals surface area contributed by atoms with Crippen molar-refractivity contribution in [2.45, 2.75) is 168 Å². The van der Waals surface area contributed by atoms with Crippen molar-refractivity contribution < 1.29 is 0 Å². The van der Waals surface area contributed by atoms with Crippen LogP contribution in [0, 0.1) is 5.92 Å². The van der Waals surface area contributed by atoms with E-state index in [0.717, 1.165) is 5.92 Å². The van der Waals surface area contributed by atoms with Crippen LogP contribution in [0.15, 0.2) is 0 Å². The van der Waals surface area contributed by atoms with Crippen molar-refractivity contribution in [1.29, 1.82) is 0 Å². The summed E-state index contributed by atoms with van der Waals surface area (Å²) in [7, 11) is 0. The Balaban J connectivity index is 3.70. The van der Waals surface area contributed by atoms with E-state index in [4.69, 9.17) is 0 Å². The largest absolute Gasteiger partial charge is 0.0654 e. The van der Waals surface area contributed by atoms with E-state index in [2.05, 4.69) is 20.8 Å². The monoisotopic (exact) mass is 380 g/mol. The van der Waals surface area contributed by atoms with Crippen LogP contribution in [0.3, 0.4) is 0 Å². The molecule has 0 aliphatic carbocycles. The summed E-state index contributed by atoms with van der Waals surface area (Å²) in [5.74, 6) is 1.04. The summed E-state index contributed by atoms with van der Waals surface area (Å²) >= 11 is 0. The van der Waals surface area contributed by atoms with E-state index < -0.39 is 0 Å². The van der Waals surface area contributed by atoms with Crippen molar-refractivity contribution in [3.63, 3.8) is 0 Å². The predicted molar refractivity (Wildman–Crippen MR) is 127 cm³/mol. The third-order valence-electron chi connectivity index (χ3n) is 6.40. The van der Waals surface area contributed by atoms with Crippen molar-refractivity contribution in [3.05, 3.63) is 0 Å². The zero-order chi connectivity index (χ0) is 19.8. The Hall–Kier alpha value is 0. The molecule has 0 atom stereocenters. The van der Waals surface area contributed by atoms with Crippen LogP contribution in [0.5, 0.6) is 0 Å². The molecule has 0 nitrogen and oxygen atoms in total. The first kappa shape index (κ1) is 27.0. The van der Waals surface area contributed by atoms with Gasteiger partial charge in [-0.25, -0.2) is 0 Å². The van der Waals surface area contributed by atoms with E-state index in [1.165, 1.54) is 148 Å². The van der Waals surface area contributed by atoms with Crippen LogP contribution in [0.25, 0.3) is 0 Å². The lowest BCUT2D eigenvalue weighted by atomic mass is 9.89. The van der Waals surface area contributed by atoms with Gasteiger partial charge in [0, 0.05) is 0 Å². The third kappa shape index (κ3) is 22.2. The molecule has 164 valence electrons. The summed E-state index contributed by atoms with van der Waals surface area (Å²) in [5.41, 5.74) is 0. The van der Waals surface area contributed by atoms with E-state index in [1.54, 1.807) is 0 Å². The molecule has 0 rings (SSSR count). The van der Waals surface area contributed by atoms with Crippen molar-refractivity contribution in [1.82, 2.24) is 0 Å². The fraction of sp³-hybridized carbons (Fsp3) is 1.00. The highest BCUT2D eigenvalue weighted by atomic mass is 14.1. The predicted octanol–water partition coefficient (Wildman–Crippen LogP) is 10.6. The lowest BCUT2D eigenvalue weighted by molar-refractivity contribution is 0.366. The van der Waals surface area contributed by atoms with E-state index in [9.17, 15) is 0 Å². The van der Waals surface area contributed by atoms with Gasteiger partial charge in [0.05, 0.1) is 0 Å². The molecule has 0 aromatic rings. The van der Waals surface area contributed by atoms with Gasteiger partial charge in [-0.1, -0.05) is 168 Å². The normalized spacial score (nSPS) is 11.6. The highest BCUT2D eigenvalue weighted by Crippen LogP contribution is 2.24. The van der Waals surface area contributed by atoms with E-state index >= 15 is 0 Å². The zero-order valence-electron chi connectivity index (χ0n) is 19.8. The fourth-order valence-electron chi connectivity index (χ4n) is 4.43. The SMILES string of the molecule is CCCCCCCCCCC(CCCCCC)CCCCCCCCCC. The van der Waals surface area contributed by atoms with Gasteiger partial charge in [-0.3, -0.25) is 0 Å². The minimum atomic E-state index is 1.04. The standard InChI is InChI=1S/C27H56/c1-4-7-10-13-15-17-19-22-25-27(24-21-12-9-6-3)26-23-20-18-16-14-11-8-5-2/h27H,4-26H2,1-3H3. The van der Waals surface area contributed by atoms with E-state index in [-0.39, 0.29) is 0 Å². The van der Waals surface area contributed by atoms with E-state index in [0.29, 0.717) is 0 Å². The number of hydrogen-bond donors (Lipinski definition) is 0. The summed E-state index contributed by atoms with van der Waals surface area (Å²) in [5, 5.41) is 0. The number of unbranched alkanes of at least 4 members (excludes halogenated alkanes) is 17. The van der Waals surface area contributed by atoms with Crippen molar-refractivity contribution in [2.75, 3.05) is 0 Å². The van der Waals surface area contributed by atoms with Crippen LogP contribution in [-0.2, 0) is 0 Å². The van der Waals surface area contributed by atoms with Crippen LogP contribution in [-0.4, -0.2) is 0 Å². The molecule has 0 saturated heterocycles. The molecule has 0 heteroatoms. The maximum absolute atomic E-state index is 2.33. The van der Waals surface area contributed by atoms with Gasteiger partial charge in [0.2, 0.25) is 0 Å². The molecular weight excluding hydrogens is 324 g/mol. The summed E-state index contributed by atoms with van der Waals surface area (Å²) in [4.78, 5) is 0. The summed E-state index contributed by atoms with van der Waals surface area (Å²) in [6.07, 6.45) is 33.8. The molecular formula is C27H56. The molecule has 0 aliphatic heterocycles. The quantitative estimate of drug-likeness (QED) is 0.155. The molecule has 27 heavy (non-hydrogen) atoms. The molecule has 0 aromatic carbocycles. The molecule has 0 amide bonds. The van der Waals surface area contributed by atoms with Crippen LogP contribution in [0.2, 0.25) is 0 Å². The lowest BCUT2D eigenvalue weighted by Crippen LogP contribution is -2.01. The Bertz CT molecular complexity index is 224. The van der Waals surface area contributed by atoms with Crippen LogP contribution < -0.4 is 0 Å². The molecule has 0 N–H and O–H groups in total. The second kappa shape index (κ2) is 24.0. The smallest absolute Gasteiger partial charge is 0.0414 e. The molecule has 0 radical (unpaired) electrons. The molecule has 0 heterocycles. The highest BCUT2D eigenvalue weighted by Gasteiger charge is 2.08. The zero-order valence-corrected chi connectivity index (χ0v) is 19.8. The summed E-state index contributed by atoms with van der Waals surface area (Å²) < 4.78 is 0. The second-order valence-corrected chi connectivity index (χ2v) is 9.24. The molecule has 0 fully saturated rings. The topological polar surface area (TPSA) is 0 Å². The molecule has 0 spiro atoms. The Labute approximate surface area is 174 Å². The molecule has 0 unspecified atom stereocenters. The van der Waals surface area contributed by atoms with Crippen molar-refractivity contribution >= 4 is 0 Å². The van der Waals surface area contributed by atoms with Gasteiger partial charge in [-0.05, 0) is 5.92 Å². The minimum Gasteiger partial charge on any atom is -0.0654 e. The first-order valence-corrected chi connectivity index (χ1v) is 13.3. The Kier molecular flexibility index (Phi) is 24.0. The third-order valence-corrected chi connectivity index (χ3v) is 6.40. The van der Waals surface area contributed by atoms with Crippen LogP contribution in [0.4, 0.5) is 0 Å². The first-order chi connectivity index (χ1) is 13.3. The fourth-order valence-corrected chi connectivity index (χ4v) is 4.43. The minimum absolute atomic E-state index is 1.04. The molecule has 0 aliphatic rings. The Morgan fingerprint density at radius 2 is 0.519 bits per heavy atom. The molecule has 0 saturated carbocycles. The number of hydrogen-bond acceptors (Lipinski definition) is 0. The first-order valence-electron chi connectivity index (χ1n) is 13.3. The van der Waals surface area contributed by atoms with Crippen molar-refractivity contribution in [3.8, 4) is 0 Å². The van der Waals surface area contributed by atoms with Gasteiger partial charge in [0.15, 0.2) is 0 Å². The van der Waals surface area contributed by atoms with Gasteiger partial charge < -0.3 is 0 Å². The Morgan fingerprint density at radius 3 is 0.815 bits per heavy atom. The average Bonchev–Trinajstić information content (AvgIpc) is 2.68. The summed E-state index contributed by atoms with van der Waals surface area (Å²) in [6, 6.07) is 0. The van der Waals surface area contributed by atoms with Gasteiger partial charge in [-0.15, -0.1) is 0 Å². The maximum Gasteiger partial charge on any atom is -0.0414 e. The lowest BCUT2D eigenvalue weighted by Gasteiger charge is -2.17. The van der Waals surface area contributed by atoms with Gasteiger partial charge in [0.25, 0.3) is 0 Å². The van der Waals surface area contributed by atoms with Gasteiger partial charge in [-0.2, -0.15) is 0 Å². The van der Waals surface area contributed by atoms with Crippen LogP contribution in [0.1, 0.15) is 168 Å². The second-order valence-electron chi connectivity index (χ2n) is 9.24. The van der Waals surface area contributed by atoms with Gasteiger partial charge >= 0.3 is 0 Å². The summed E-state index contributed by atoms with van der Waals surface area (Å²) in [6.45, 7) is 6.96. The number of rotatable bonds is 23. The average molecular weight is 381 g/mol. The van der Waals surface area contributed by atoms with Crippen LogP contribution >= 0.6 is 0 Å². The molecule has 0 aromatic heterocycles. The maximum atomic E-state index is 2.33. The van der Waals surface area contributed by atoms with Crippen molar-refractivity contribution in [2.24, 2.45) is 5.92 Å². The van der Waals surface area contributed by atoms with Gasteiger partial charge in [0.1, 0.15) is 0 Å². The highest BCUT2D eigenvalue weighted by molar-refractivity contribution is 4.62. The Morgan fingerprint density at radius 1 is 0.296 bits per heavy atom. The molecule has 0 bridgehead atoms.